The molecule has 0 aromatic carbocycles. The van der Waals surface area contributed by atoms with Gasteiger partial charge in [0.1, 0.15) is 24.1 Å². The number of hydrogen-bond donors (Lipinski definition) is 0. The lowest BCUT2D eigenvalue weighted by Crippen LogP contribution is -2.10. The van der Waals surface area contributed by atoms with Crippen molar-refractivity contribution in [2.45, 2.75) is 63.5 Å². The number of rotatable bonds is 5. The normalized spacial score (nSPS) is 21.1. The van der Waals surface area contributed by atoms with Gasteiger partial charge in [-0.25, -0.2) is 4.68 Å². The van der Waals surface area contributed by atoms with Crippen LogP contribution in [0.25, 0.3) is 11.5 Å². The fourth-order valence-electron chi connectivity index (χ4n) is 3.93. The molecule has 1 aliphatic carbocycles. The van der Waals surface area contributed by atoms with Gasteiger partial charge in [0, 0.05) is 12.5 Å². The third-order valence-electron chi connectivity index (χ3n) is 5.41. The molecule has 5 rings (SSSR count). The molecule has 8 nitrogen and oxygen atoms in total. The Balaban J connectivity index is 1.26. The van der Waals surface area contributed by atoms with Gasteiger partial charge in [-0.3, -0.25) is 0 Å². The third-order valence-corrected chi connectivity index (χ3v) is 5.41. The minimum Gasteiger partial charge on any atom is -0.457 e. The maximum atomic E-state index is 5.95. The molecule has 2 aliphatic rings. The summed E-state index contributed by atoms with van der Waals surface area (Å²) in [5, 5.41) is 12.5. The largest absolute Gasteiger partial charge is 0.457 e. The lowest BCUT2D eigenvalue weighted by molar-refractivity contribution is 0.00220. The first-order valence-electron chi connectivity index (χ1n) is 9.79. The average molecular weight is 369 g/mol. The first kappa shape index (κ1) is 16.7. The van der Waals surface area contributed by atoms with Crippen LogP contribution in [0, 0.1) is 0 Å². The molecule has 0 amide bonds. The molecule has 1 aliphatic heterocycles. The zero-order valence-electron chi connectivity index (χ0n) is 15.2. The quantitative estimate of drug-likeness (QED) is 0.674. The molecule has 0 bridgehead atoms. The van der Waals surface area contributed by atoms with Crippen molar-refractivity contribution in [2.75, 3.05) is 6.61 Å². The van der Waals surface area contributed by atoms with Gasteiger partial charge in [-0.1, -0.05) is 23.2 Å². The van der Waals surface area contributed by atoms with Gasteiger partial charge < -0.3 is 13.7 Å². The van der Waals surface area contributed by atoms with Crippen LogP contribution in [0.2, 0.25) is 0 Å². The van der Waals surface area contributed by atoms with Crippen molar-refractivity contribution in [1.29, 1.82) is 0 Å². The van der Waals surface area contributed by atoms with Crippen LogP contribution >= 0.6 is 0 Å². The van der Waals surface area contributed by atoms with Crippen LogP contribution in [-0.2, 0) is 11.3 Å². The van der Waals surface area contributed by atoms with Crippen LogP contribution in [0.1, 0.15) is 74.4 Å². The minimum atomic E-state index is 0.0517. The van der Waals surface area contributed by atoms with Crippen LogP contribution in [0.4, 0.5) is 0 Å². The Morgan fingerprint density at radius 3 is 2.81 bits per heavy atom. The van der Waals surface area contributed by atoms with Crippen LogP contribution in [0.5, 0.6) is 0 Å². The summed E-state index contributed by atoms with van der Waals surface area (Å²) in [6.07, 6.45) is 9.95. The summed E-state index contributed by atoms with van der Waals surface area (Å²) in [6.45, 7) is 1.23. The summed E-state index contributed by atoms with van der Waals surface area (Å²) in [5.74, 6) is 3.36. The van der Waals surface area contributed by atoms with E-state index in [-0.39, 0.29) is 6.10 Å². The predicted molar refractivity (Wildman–Crippen MR) is 94.9 cm³/mol. The standard InChI is InChI=1S/C19H23N5O3/c1-2-6-13(5-1)19-20-18(22-27-19)12-24-11-14(21-23-24)15-8-9-17(26-15)16-7-3-4-10-25-16/h8-9,11,13,16H,1-7,10,12H2/t16-/m1/s1. The van der Waals surface area contributed by atoms with E-state index >= 15 is 0 Å². The maximum absolute atomic E-state index is 5.95. The summed E-state index contributed by atoms with van der Waals surface area (Å²) in [6, 6.07) is 3.89. The van der Waals surface area contributed by atoms with Crippen molar-refractivity contribution >= 4 is 0 Å². The molecule has 8 heteroatoms. The van der Waals surface area contributed by atoms with E-state index < -0.39 is 0 Å². The molecular weight excluding hydrogens is 346 g/mol. The van der Waals surface area contributed by atoms with Crippen molar-refractivity contribution in [2.24, 2.45) is 0 Å². The molecule has 1 atom stereocenters. The second-order valence-corrected chi connectivity index (χ2v) is 7.39. The predicted octanol–water partition coefficient (Wildman–Crippen LogP) is 3.87. The highest BCUT2D eigenvalue weighted by Crippen LogP contribution is 2.33. The van der Waals surface area contributed by atoms with Crippen LogP contribution < -0.4 is 0 Å². The van der Waals surface area contributed by atoms with E-state index in [0.29, 0.717) is 29.7 Å². The molecule has 0 spiro atoms. The van der Waals surface area contributed by atoms with Crippen molar-refractivity contribution in [1.82, 2.24) is 25.1 Å². The highest BCUT2D eigenvalue weighted by atomic mass is 16.5. The summed E-state index contributed by atoms with van der Waals surface area (Å²) >= 11 is 0. The molecule has 0 N–H and O–H groups in total. The lowest BCUT2D eigenvalue weighted by atomic mass is 10.1. The summed E-state index contributed by atoms with van der Waals surface area (Å²) in [7, 11) is 0. The van der Waals surface area contributed by atoms with Crippen molar-refractivity contribution in [3.63, 3.8) is 0 Å². The molecule has 142 valence electrons. The molecule has 2 fully saturated rings. The Kier molecular flexibility index (Phi) is 4.49. The van der Waals surface area contributed by atoms with Gasteiger partial charge in [0.15, 0.2) is 11.6 Å². The van der Waals surface area contributed by atoms with Gasteiger partial charge in [-0.15, -0.1) is 5.10 Å². The molecule has 27 heavy (non-hydrogen) atoms. The Morgan fingerprint density at radius 1 is 1.07 bits per heavy atom. The number of ether oxygens (including phenoxy) is 1. The van der Waals surface area contributed by atoms with E-state index in [4.69, 9.17) is 13.7 Å². The Bertz CT molecular complexity index is 887. The Labute approximate surface area is 156 Å². The summed E-state index contributed by atoms with van der Waals surface area (Å²) in [5.41, 5.74) is 0.691. The van der Waals surface area contributed by atoms with E-state index in [2.05, 4.69) is 20.5 Å². The molecule has 4 heterocycles. The fourth-order valence-corrected chi connectivity index (χ4v) is 3.93. The summed E-state index contributed by atoms with van der Waals surface area (Å²) < 4.78 is 18.9. The Hall–Kier alpha value is -2.48. The van der Waals surface area contributed by atoms with E-state index in [1.54, 1.807) is 4.68 Å². The SMILES string of the molecule is c1cc([C@H]2CCCCO2)oc1-c1cn(Cc2noc(C3CCCC3)n2)nn1. The van der Waals surface area contributed by atoms with Crippen molar-refractivity contribution in [3.8, 4) is 11.5 Å². The molecule has 0 radical (unpaired) electrons. The smallest absolute Gasteiger partial charge is 0.229 e. The molecule has 3 aromatic heterocycles. The topological polar surface area (TPSA) is 92.0 Å². The van der Waals surface area contributed by atoms with Crippen molar-refractivity contribution < 1.29 is 13.7 Å². The van der Waals surface area contributed by atoms with Crippen LogP contribution in [-0.4, -0.2) is 31.7 Å². The molecule has 1 saturated heterocycles. The average Bonchev–Trinajstić information content (AvgIpc) is 3.48. The molecule has 1 saturated carbocycles. The molecule has 3 aromatic rings. The van der Waals surface area contributed by atoms with Gasteiger partial charge in [0.2, 0.25) is 5.89 Å². The first-order chi connectivity index (χ1) is 13.3. The van der Waals surface area contributed by atoms with Gasteiger partial charge >= 0.3 is 0 Å². The number of hydrogen-bond acceptors (Lipinski definition) is 7. The van der Waals surface area contributed by atoms with E-state index in [1.165, 1.54) is 19.3 Å². The zero-order chi connectivity index (χ0) is 18.1. The van der Waals surface area contributed by atoms with E-state index in [1.807, 2.05) is 18.3 Å². The van der Waals surface area contributed by atoms with Gasteiger partial charge in [-0.05, 0) is 44.2 Å². The van der Waals surface area contributed by atoms with Crippen molar-refractivity contribution in [3.05, 3.63) is 35.8 Å². The third kappa shape index (κ3) is 3.53. The Morgan fingerprint density at radius 2 is 1.96 bits per heavy atom. The molecular formula is C19H23N5O3. The minimum absolute atomic E-state index is 0.0517. The number of nitrogens with zero attached hydrogens (tertiary/aromatic N) is 5. The van der Waals surface area contributed by atoms with E-state index in [0.717, 1.165) is 43.9 Å². The number of furan rings is 1. The highest BCUT2D eigenvalue weighted by Gasteiger charge is 2.23. The second-order valence-electron chi connectivity index (χ2n) is 7.39. The zero-order valence-corrected chi connectivity index (χ0v) is 15.2. The van der Waals surface area contributed by atoms with Gasteiger partial charge in [0.05, 0.1) is 6.20 Å². The fraction of sp³-hybridized carbons (Fsp3) is 0.579. The van der Waals surface area contributed by atoms with Crippen LogP contribution in [0.3, 0.4) is 0 Å². The van der Waals surface area contributed by atoms with Gasteiger partial charge in [-0.2, -0.15) is 4.98 Å². The van der Waals surface area contributed by atoms with Gasteiger partial charge in [0.25, 0.3) is 0 Å². The molecule has 0 unspecified atom stereocenters. The maximum Gasteiger partial charge on any atom is 0.229 e. The highest BCUT2D eigenvalue weighted by molar-refractivity contribution is 5.50. The summed E-state index contributed by atoms with van der Waals surface area (Å²) in [4.78, 5) is 4.53. The van der Waals surface area contributed by atoms with Crippen LogP contribution in [0.15, 0.2) is 27.3 Å². The monoisotopic (exact) mass is 369 g/mol. The second kappa shape index (κ2) is 7.26. The van der Waals surface area contributed by atoms with E-state index in [9.17, 15) is 0 Å². The first-order valence-corrected chi connectivity index (χ1v) is 9.79. The lowest BCUT2D eigenvalue weighted by Gasteiger charge is -2.20. The number of aromatic nitrogens is 5.